The topological polar surface area (TPSA) is 79.3 Å². The first-order valence-electron chi connectivity index (χ1n) is 9.49. The van der Waals surface area contributed by atoms with Crippen molar-refractivity contribution in [3.8, 4) is 11.4 Å². The Morgan fingerprint density at radius 2 is 2.00 bits per heavy atom. The van der Waals surface area contributed by atoms with E-state index in [9.17, 15) is 9.59 Å². The molecule has 2 amide bonds. The van der Waals surface area contributed by atoms with Gasteiger partial charge < -0.3 is 9.80 Å². The molecular weight excluding hydrogens is 342 g/mol. The lowest BCUT2D eigenvalue weighted by atomic mass is 9.94. The van der Waals surface area contributed by atoms with Crippen LogP contribution in [0.3, 0.4) is 0 Å². The van der Waals surface area contributed by atoms with Crippen molar-refractivity contribution in [2.24, 2.45) is 5.92 Å². The highest BCUT2D eigenvalue weighted by molar-refractivity contribution is 5.94. The summed E-state index contributed by atoms with van der Waals surface area (Å²) in [7, 11) is 0. The Labute approximate surface area is 158 Å². The van der Waals surface area contributed by atoms with E-state index in [0.29, 0.717) is 24.5 Å². The Kier molecular flexibility index (Phi) is 4.83. The van der Waals surface area contributed by atoms with Crippen LogP contribution in [-0.2, 0) is 4.79 Å². The zero-order valence-corrected chi connectivity index (χ0v) is 15.4. The molecule has 7 heteroatoms. The maximum absolute atomic E-state index is 13.0. The number of carbonyl (C=O) groups is 2. The summed E-state index contributed by atoms with van der Waals surface area (Å²) >= 11 is 0. The molecule has 0 aromatic carbocycles. The Morgan fingerprint density at radius 3 is 2.70 bits per heavy atom. The number of hydrogen-bond acceptors (Lipinski definition) is 5. The number of piperidine rings is 1. The molecule has 3 aliphatic heterocycles. The van der Waals surface area contributed by atoms with E-state index in [1.807, 2.05) is 17.0 Å². The van der Waals surface area contributed by atoms with E-state index in [-0.39, 0.29) is 23.8 Å². The van der Waals surface area contributed by atoms with Gasteiger partial charge in [0, 0.05) is 56.0 Å². The fourth-order valence-corrected chi connectivity index (χ4v) is 4.01. The summed E-state index contributed by atoms with van der Waals surface area (Å²) in [4.78, 5) is 42.1. The van der Waals surface area contributed by atoms with Gasteiger partial charge in [-0.3, -0.25) is 14.6 Å². The van der Waals surface area contributed by atoms with Gasteiger partial charge in [0.2, 0.25) is 5.91 Å². The van der Waals surface area contributed by atoms with Crippen molar-refractivity contribution < 1.29 is 9.59 Å². The molecule has 0 unspecified atom stereocenters. The highest BCUT2D eigenvalue weighted by Crippen LogP contribution is 2.30. The lowest BCUT2D eigenvalue weighted by Gasteiger charge is -2.35. The van der Waals surface area contributed by atoms with Crippen molar-refractivity contribution in [3.63, 3.8) is 0 Å². The van der Waals surface area contributed by atoms with Crippen LogP contribution >= 0.6 is 0 Å². The van der Waals surface area contributed by atoms with E-state index in [1.54, 1.807) is 29.7 Å². The van der Waals surface area contributed by atoms with E-state index in [2.05, 4.69) is 21.9 Å². The first-order chi connectivity index (χ1) is 13.2. The zero-order valence-electron chi connectivity index (χ0n) is 15.4. The van der Waals surface area contributed by atoms with Crippen LogP contribution in [0.1, 0.15) is 36.5 Å². The number of pyridine rings is 1. The van der Waals surface area contributed by atoms with Crippen LogP contribution < -0.4 is 0 Å². The third-order valence-electron chi connectivity index (χ3n) is 5.36. The molecular formula is C20H23N5O2. The van der Waals surface area contributed by atoms with Crippen LogP contribution in [0.5, 0.6) is 0 Å². The monoisotopic (exact) mass is 365 g/mol. The van der Waals surface area contributed by atoms with Crippen molar-refractivity contribution in [1.29, 1.82) is 0 Å². The van der Waals surface area contributed by atoms with Crippen LogP contribution in [0.15, 0.2) is 36.9 Å². The fourth-order valence-electron chi connectivity index (χ4n) is 4.01. The third-order valence-corrected chi connectivity index (χ3v) is 5.36. The molecule has 2 bridgehead atoms. The fraction of sp³-hybridized carbons (Fsp3) is 0.450. The molecule has 0 N–H and O–H groups in total. The number of carbonyl (C=O) groups excluding carboxylic acids is 2. The van der Waals surface area contributed by atoms with Crippen molar-refractivity contribution in [1.82, 2.24) is 24.8 Å². The van der Waals surface area contributed by atoms with Gasteiger partial charge in [-0.15, -0.1) is 0 Å². The van der Waals surface area contributed by atoms with E-state index in [4.69, 9.17) is 0 Å². The number of amides is 2. The highest BCUT2D eigenvalue weighted by Gasteiger charge is 2.41. The van der Waals surface area contributed by atoms with Gasteiger partial charge in [-0.2, -0.15) is 0 Å². The normalized spacial score (nSPS) is 22.0. The molecule has 3 aliphatic rings. The summed E-state index contributed by atoms with van der Waals surface area (Å²) < 4.78 is 0. The van der Waals surface area contributed by atoms with Gasteiger partial charge in [0.25, 0.3) is 5.91 Å². The van der Waals surface area contributed by atoms with Crippen molar-refractivity contribution in [2.45, 2.75) is 32.2 Å². The number of hydrogen-bond donors (Lipinski definition) is 0. The standard InChI is InChI=1S/C20H23N5O2/c1-2-8-25-17-6-5-15(20(25)27)12-24(13-17)19(26)16-10-22-18(23-11-16)14-4-3-7-21-9-14/h3-4,7,9-11,15,17H,2,5-6,8,12-13H2,1H3/t15-,17+/m0/s1. The van der Waals surface area contributed by atoms with E-state index >= 15 is 0 Å². The predicted octanol–water partition coefficient (Wildman–Crippen LogP) is 2.01. The number of aromatic nitrogens is 3. The second-order valence-electron chi connectivity index (χ2n) is 7.21. The Bertz CT molecular complexity index is 824. The minimum atomic E-state index is -0.101. The molecule has 0 aliphatic carbocycles. The van der Waals surface area contributed by atoms with Gasteiger partial charge in [-0.25, -0.2) is 9.97 Å². The average Bonchev–Trinajstić information content (AvgIpc) is 3.01. The van der Waals surface area contributed by atoms with Crippen LogP contribution in [-0.4, -0.2) is 62.2 Å². The first kappa shape index (κ1) is 17.6. The number of nitrogens with zero attached hydrogens (tertiary/aromatic N) is 5. The molecule has 2 atom stereocenters. The maximum atomic E-state index is 13.0. The van der Waals surface area contributed by atoms with Crippen LogP contribution in [0.2, 0.25) is 0 Å². The molecule has 3 fully saturated rings. The van der Waals surface area contributed by atoms with Gasteiger partial charge in [0.1, 0.15) is 0 Å². The van der Waals surface area contributed by atoms with Gasteiger partial charge >= 0.3 is 0 Å². The Hall–Kier alpha value is -2.83. The van der Waals surface area contributed by atoms with Crippen molar-refractivity contribution >= 4 is 11.8 Å². The molecule has 140 valence electrons. The molecule has 7 nitrogen and oxygen atoms in total. The van der Waals surface area contributed by atoms with Crippen molar-refractivity contribution in [3.05, 3.63) is 42.5 Å². The van der Waals surface area contributed by atoms with Gasteiger partial charge in [-0.05, 0) is 31.4 Å². The Morgan fingerprint density at radius 1 is 1.19 bits per heavy atom. The zero-order chi connectivity index (χ0) is 18.8. The van der Waals surface area contributed by atoms with Crippen LogP contribution in [0.4, 0.5) is 0 Å². The number of rotatable bonds is 4. The van der Waals surface area contributed by atoms with Gasteiger partial charge in [0.15, 0.2) is 5.82 Å². The molecule has 2 aromatic rings. The summed E-state index contributed by atoms with van der Waals surface area (Å²) in [5.74, 6) is 0.553. The van der Waals surface area contributed by atoms with Crippen LogP contribution in [0.25, 0.3) is 11.4 Å². The summed E-state index contributed by atoms with van der Waals surface area (Å²) in [6, 6.07) is 3.82. The first-order valence-corrected chi connectivity index (χ1v) is 9.49. The van der Waals surface area contributed by atoms with E-state index in [0.717, 1.165) is 31.4 Å². The average molecular weight is 365 g/mol. The predicted molar refractivity (Wildman–Crippen MR) is 99.7 cm³/mol. The van der Waals surface area contributed by atoms with Gasteiger partial charge in [0.05, 0.1) is 11.5 Å². The molecule has 27 heavy (non-hydrogen) atoms. The second kappa shape index (κ2) is 7.42. The molecule has 5 rings (SSSR count). The third kappa shape index (κ3) is 3.41. The van der Waals surface area contributed by atoms with Crippen molar-refractivity contribution in [2.75, 3.05) is 19.6 Å². The highest BCUT2D eigenvalue weighted by atomic mass is 16.2. The molecule has 0 spiro atoms. The molecule has 0 saturated carbocycles. The molecule has 3 saturated heterocycles. The quantitative estimate of drug-likeness (QED) is 0.828. The lowest BCUT2D eigenvalue weighted by Crippen LogP contribution is -2.48. The SMILES string of the molecule is CCCN1C(=O)[C@H]2CC[C@@H]1CN(C(=O)c1cnc(-c3cccnc3)nc1)C2. The van der Waals surface area contributed by atoms with E-state index < -0.39 is 0 Å². The van der Waals surface area contributed by atoms with Crippen LogP contribution in [0, 0.1) is 5.92 Å². The second-order valence-corrected chi connectivity index (χ2v) is 7.21. The number of fused-ring (bicyclic) bond motifs is 4. The van der Waals surface area contributed by atoms with Gasteiger partial charge in [-0.1, -0.05) is 6.92 Å². The molecule has 0 radical (unpaired) electrons. The largest absolute Gasteiger partial charge is 0.338 e. The molecule has 2 aromatic heterocycles. The maximum Gasteiger partial charge on any atom is 0.257 e. The summed E-state index contributed by atoms with van der Waals surface area (Å²) in [5, 5.41) is 0. The summed E-state index contributed by atoms with van der Waals surface area (Å²) in [6.45, 7) is 3.92. The minimum absolute atomic E-state index is 0.0881. The lowest BCUT2D eigenvalue weighted by molar-refractivity contribution is -0.139. The smallest absolute Gasteiger partial charge is 0.257 e. The summed E-state index contributed by atoms with van der Waals surface area (Å²) in [6.07, 6.45) is 9.29. The minimum Gasteiger partial charge on any atom is -0.338 e. The molecule has 5 heterocycles. The Balaban J connectivity index is 1.52. The summed E-state index contributed by atoms with van der Waals surface area (Å²) in [5.41, 5.74) is 1.27. The van der Waals surface area contributed by atoms with E-state index in [1.165, 1.54) is 0 Å².